The average molecular weight is 440 g/mol. The number of benzene rings is 2. The van der Waals surface area contributed by atoms with E-state index in [9.17, 15) is 18.8 Å². The number of hydrogen-bond acceptors (Lipinski definition) is 6. The van der Waals surface area contributed by atoms with Crippen LogP contribution in [0.5, 0.6) is 5.75 Å². The second kappa shape index (κ2) is 10.2. The lowest BCUT2D eigenvalue weighted by Gasteiger charge is -2.12. The Labute approximate surface area is 183 Å². The molecule has 0 spiro atoms. The molecule has 166 valence electrons. The summed E-state index contributed by atoms with van der Waals surface area (Å²) in [7, 11) is 1.48. The number of halogens is 1. The number of methoxy groups -OCH3 is 1. The fraction of sp³-hybridized carbons (Fsp3) is 0.182. The third-order valence-electron chi connectivity index (χ3n) is 4.36. The molecule has 0 atom stereocenters. The maximum absolute atomic E-state index is 13.1. The van der Waals surface area contributed by atoms with Gasteiger partial charge in [-0.05, 0) is 48.9 Å². The molecule has 0 radical (unpaired) electrons. The summed E-state index contributed by atoms with van der Waals surface area (Å²) in [4.78, 5) is 40.3. The second-order valence-corrected chi connectivity index (χ2v) is 6.73. The largest absolute Gasteiger partial charge is 0.495 e. The number of amides is 2. The van der Waals surface area contributed by atoms with Crippen LogP contribution in [0.3, 0.4) is 0 Å². The van der Waals surface area contributed by atoms with E-state index in [4.69, 9.17) is 9.47 Å². The molecule has 0 unspecified atom stereocenters. The van der Waals surface area contributed by atoms with Crippen LogP contribution < -0.4 is 15.4 Å². The number of nitrogens with one attached hydrogen (secondary N) is 2. The van der Waals surface area contributed by atoms with E-state index < -0.39 is 30.2 Å². The lowest BCUT2D eigenvalue weighted by atomic mass is 10.2. The number of esters is 1. The molecule has 1 aromatic heterocycles. The number of ether oxygens (including phenoxy) is 2. The van der Waals surface area contributed by atoms with Crippen LogP contribution in [-0.2, 0) is 14.3 Å². The van der Waals surface area contributed by atoms with E-state index in [1.54, 1.807) is 12.1 Å². The van der Waals surface area contributed by atoms with Gasteiger partial charge in [-0.15, -0.1) is 0 Å². The van der Waals surface area contributed by atoms with Gasteiger partial charge in [-0.3, -0.25) is 14.2 Å². The molecular weight excluding hydrogens is 419 g/mol. The van der Waals surface area contributed by atoms with Crippen LogP contribution >= 0.6 is 0 Å². The molecule has 0 aliphatic heterocycles. The van der Waals surface area contributed by atoms with Crippen molar-refractivity contribution in [3.63, 3.8) is 0 Å². The number of carbonyl (C=O) groups is 3. The molecule has 0 saturated carbocycles. The van der Waals surface area contributed by atoms with Gasteiger partial charge in [0, 0.05) is 5.69 Å². The molecule has 0 bridgehead atoms. The molecule has 2 amide bonds. The van der Waals surface area contributed by atoms with Crippen molar-refractivity contribution in [3.8, 4) is 11.4 Å². The molecular formula is C22H21FN4O5. The van der Waals surface area contributed by atoms with Gasteiger partial charge in [0.2, 0.25) is 5.91 Å². The first-order valence-electron chi connectivity index (χ1n) is 9.54. The van der Waals surface area contributed by atoms with E-state index in [2.05, 4.69) is 15.6 Å². The molecule has 0 aliphatic carbocycles. The minimum absolute atomic E-state index is 0.0636. The Morgan fingerprint density at radius 2 is 1.84 bits per heavy atom. The van der Waals surface area contributed by atoms with E-state index in [-0.39, 0.29) is 12.2 Å². The van der Waals surface area contributed by atoms with Crippen LogP contribution in [0.25, 0.3) is 5.69 Å². The van der Waals surface area contributed by atoms with E-state index >= 15 is 0 Å². The third kappa shape index (κ3) is 5.69. The number of anilines is 1. The average Bonchev–Trinajstić information content (AvgIpc) is 3.27. The maximum Gasteiger partial charge on any atom is 0.357 e. The van der Waals surface area contributed by atoms with Crippen molar-refractivity contribution in [3.05, 3.63) is 72.1 Å². The summed E-state index contributed by atoms with van der Waals surface area (Å²) in [5.41, 5.74) is 1.97. The maximum atomic E-state index is 13.1. The Kier molecular flexibility index (Phi) is 7.17. The lowest BCUT2D eigenvalue weighted by Crippen LogP contribution is -2.35. The Morgan fingerprint density at radius 3 is 2.56 bits per heavy atom. The molecule has 9 nitrogen and oxygen atoms in total. The van der Waals surface area contributed by atoms with Crippen LogP contribution in [0.2, 0.25) is 0 Å². The molecule has 0 aliphatic rings. The molecule has 2 N–H and O–H groups in total. The molecule has 3 rings (SSSR count). The quantitative estimate of drug-likeness (QED) is 0.520. The number of aryl methyl sites for hydroxylation is 1. The van der Waals surface area contributed by atoms with Gasteiger partial charge in [0.05, 0.1) is 31.9 Å². The van der Waals surface area contributed by atoms with Gasteiger partial charge in [0.1, 0.15) is 11.6 Å². The second-order valence-electron chi connectivity index (χ2n) is 6.73. The third-order valence-corrected chi connectivity index (χ3v) is 4.36. The molecule has 2 aromatic carbocycles. The van der Waals surface area contributed by atoms with Crippen LogP contribution in [0.15, 0.2) is 55.0 Å². The smallest absolute Gasteiger partial charge is 0.357 e. The van der Waals surface area contributed by atoms with E-state index in [0.29, 0.717) is 17.1 Å². The van der Waals surface area contributed by atoms with Gasteiger partial charge in [-0.1, -0.05) is 6.07 Å². The Balaban J connectivity index is 1.50. The van der Waals surface area contributed by atoms with Gasteiger partial charge in [-0.25, -0.2) is 14.2 Å². The fourth-order valence-corrected chi connectivity index (χ4v) is 2.80. The van der Waals surface area contributed by atoms with Gasteiger partial charge >= 0.3 is 5.97 Å². The van der Waals surface area contributed by atoms with Gasteiger partial charge in [-0.2, -0.15) is 0 Å². The van der Waals surface area contributed by atoms with Crippen molar-refractivity contribution >= 4 is 23.5 Å². The van der Waals surface area contributed by atoms with Crippen molar-refractivity contribution in [1.82, 2.24) is 14.9 Å². The van der Waals surface area contributed by atoms with Crippen LogP contribution in [-0.4, -0.2) is 47.6 Å². The van der Waals surface area contributed by atoms with Crippen molar-refractivity contribution < 1.29 is 28.2 Å². The Morgan fingerprint density at radius 1 is 1.09 bits per heavy atom. The summed E-state index contributed by atoms with van der Waals surface area (Å²) < 4.78 is 24.7. The van der Waals surface area contributed by atoms with Crippen molar-refractivity contribution in [2.24, 2.45) is 0 Å². The zero-order valence-corrected chi connectivity index (χ0v) is 17.4. The molecule has 0 fully saturated rings. The molecule has 0 saturated heterocycles. The van der Waals surface area contributed by atoms with Crippen LogP contribution in [0.1, 0.15) is 16.1 Å². The van der Waals surface area contributed by atoms with E-state index in [1.807, 2.05) is 13.0 Å². The number of imidazole rings is 1. The number of hydrogen-bond donors (Lipinski definition) is 2. The summed E-state index contributed by atoms with van der Waals surface area (Å²) in [6.45, 7) is 0.961. The van der Waals surface area contributed by atoms with Gasteiger partial charge < -0.3 is 20.1 Å². The Hall–Kier alpha value is -4.21. The van der Waals surface area contributed by atoms with Gasteiger partial charge in [0.15, 0.2) is 12.3 Å². The molecule has 10 heteroatoms. The van der Waals surface area contributed by atoms with Crippen molar-refractivity contribution in [2.45, 2.75) is 6.92 Å². The van der Waals surface area contributed by atoms with E-state index in [0.717, 1.165) is 5.56 Å². The highest BCUT2D eigenvalue weighted by Crippen LogP contribution is 2.24. The highest BCUT2D eigenvalue weighted by Gasteiger charge is 2.17. The first-order chi connectivity index (χ1) is 15.4. The predicted octanol–water partition coefficient (Wildman–Crippen LogP) is 2.24. The normalized spacial score (nSPS) is 10.3. The summed E-state index contributed by atoms with van der Waals surface area (Å²) >= 11 is 0. The van der Waals surface area contributed by atoms with Crippen molar-refractivity contribution in [1.29, 1.82) is 0 Å². The minimum atomic E-state index is -0.795. The standard InChI is InChI=1S/C22H21FN4O5/c1-14-3-8-19(31-2)17(9-14)26-20(28)11-25-21(29)12-32-22(30)18-10-24-13-27(18)16-6-4-15(23)5-7-16/h3-10,13H,11-12H2,1-2H3,(H,25,29)(H,26,28). The highest BCUT2D eigenvalue weighted by atomic mass is 19.1. The number of aromatic nitrogens is 2. The summed E-state index contributed by atoms with van der Waals surface area (Å²) in [5, 5.41) is 5.02. The molecule has 3 aromatic rings. The monoisotopic (exact) mass is 440 g/mol. The van der Waals surface area contributed by atoms with Gasteiger partial charge in [0.25, 0.3) is 5.91 Å². The zero-order chi connectivity index (χ0) is 23.1. The number of nitrogens with zero attached hydrogens (tertiary/aromatic N) is 2. The number of rotatable bonds is 8. The fourth-order valence-electron chi connectivity index (χ4n) is 2.80. The summed E-state index contributed by atoms with van der Waals surface area (Å²) in [6.07, 6.45) is 2.64. The molecule has 32 heavy (non-hydrogen) atoms. The Bertz CT molecular complexity index is 1130. The topological polar surface area (TPSA) is 112 Å². The summed E-state index contributed by atoms with van der Waals surface area (Å²) in [6, 6.07) is 10.7. The SMILES string of the molecule is COc1ccc(C)cc1NC(=O)CNC(=O)COC(=O)c1cncn1-c1ccc(F)cc1. The van der Waals surface area contributed by atoms with Crippen LogP contribution in [0.4, 0.5) is 10.1 Å². The highest BCUT2D eigenvalue weighted by molar-refractivity contribution is 5.96. The minimum Gasteiger partial charge on any atom is -0.495 e. The lowest BCUT2D eigenvalue weighted by molar-refractivity contribution is -0.126. The zero-order valence-electron chi connectivity index (χ0n) is 17.4. The number of carbonyl (C=O) groups excluding carboxylic acids is 3. The van der Waals surface area contributed by atoms with Crippen LogP contribution in [0, 0.1) is 12.7 Å². The summed E-state index contributed by atoms with van der Waals surface area (Å²) in [5.74, 6) is -1.85. The van der Waals surface area contributed by atoms with Crippen molar-refractivity contribution in [2.75, 3.05) is 25.6 Å². The molecule has 1 heterocycles. The first kappa shape index (κ1) is 22.5. The van der Waals surface area contributed by atoms with E-state index in [1.165, 1.54) is 48.5 Å². The first-order valence-corrected chi connectivity index (χ1v) is 9.54. The predicted molar refractivity (Wildman–Crippen MR) is 113 cm³/mol.